The lowest BCUT2D eigenvalue weighted by molar-refractivity contribution is -0.116. The molecule has 1 N–H and O–H groups in total. The number of ether oxygens (including phenoxy) is 3. The van der Waals surface area contributed by atoms with Gasteiger partial charge in [-0.1, -0.05) is 23.7 Å². The Morgan fingerprint density at radius 3 is 2.53 bits per heavy atom. The minimum Gasteiger partial charge on any atom is -0.493 e. The van der Waals surface area contributed by atoms with Gasteiger partial charge in [-0.25, -0.2) is 9.18 Å². The molecular weight excluding hydrogens is 515 g/mol. The number of benzene rings is 3. The molecule has 1 saturated heterocycles. The molecule has 0 spiro atoms. The molecule has 200 valence electrons. The summed E-state index contributed by atoms with van der Waals surface area (Å²) >= 11 is 6.09. The molecule has 38 heavy (non-hydrogen) atoms. The molecule has 8 nitrogen and oxygen atoms in total. The molecule has 0 unspecified atom stereocenters. The Morgan fingerprint density at radius 2 is 1.87 bits per heavy atom. The van der Waals surface area contributed by atoms with Crippen molar-refractivity contribution in [3.8, 4) is 11.5 Å². The Kier molecular flexibility index (Phi) is 8.70. The standard InChI is InChI=1S/C28H28ClFN2O6/c1-18(33)32(20-7-8-25(21(15-20)28(34)35)31-10-12-37-13-11-31)16-19-6-9-26(27(14-19)36-2)38-17-22-23(29)4-3-5-24(22)30/h3-9,14-15H,10-13,16-17H2,1-2H3,(H,34,35). The van der Waals surface area contributed by atoms with Crippen molar-refractivity contribution in [3.63, 3.8) is 0 Å². The second kappa shape index (κ2) is 12.1. The smallest absolute Gasteiger partial charge is 0.337 e. The number of rotatable bonds is 9. The number of methoxy groups -OCH3 is 1. The summed E-state index contributed by atoms with van der Waals surface area (Å²) in [6.45, 7) is 3.73. The van der Waals surface area contributed by atoms with Gasteiger partial charge in [-0.3, -0.25) is 4.79 Å². The zero-order valence-electron chi connectivity index (χ0n) is 21.1. The van der Waals surface area contributed by atoms with E-state index < -0.39 is 11.8 Å². The number of amides is 1. The number of carboxylic acid groups (broad SMARTS) is 1. The van der Waals surface area contributed by atoms with Gasteiger partial charge < -0.3 is 29.1 Å². The van der Waals surface area contributed by atoms with Crippen molar-refractivity contribution < 1.29 is 33.3 Å². The average Bonchev–Trinajstić information content (AvgIpc) is 2.91. The number of hydrogen-bond acceptors (Lipinski definition) is 6. The van der Waals surface area contributed by atoms with Gasteiger partial charge in [0.2, 0.25) is 5.91 Å². The SMILES string of the molecule is COc1cc(CN(C(C)=O)c2ccc(N3CCOCC3)c(C(=O)O)c2)ccc1OCc1c(F)cccc1Cl. The van der Waals surface area contributed by atoms with Crippen molar-refractivity contribution >= 4 is 34.9 Å². The molecule has 3 aromatic carbocycles. The van der Waals surface area contributed by atoms with Gasteiger partial charge in [0.25, 0.3) is 0 Å². The van der Waals surface area contributed by atoms with Crippen molar-refractivity contribution in [3.05, 3.63) is 82.1 Å². The number of carbonyl (C=O) groups is 2. The van der Waals surface area contributed by atoms with E-state index in [-0.39, 0.29) is 35.2 Å². The van der Waals surface area contributed by atoms with Crippen LogP contribution in [-0.4, -0.2) is 50.4 Å². The van der Waals surface area contributed by atoms with Crippen LogP contribution in [-0.2, 0) is 22.7 Å². The zero-order valence-corrected chi connectivity index (χ0v) is 21.8. The summed E-state index contributed by atoms with van der Waals surface area (Å²) in [6.07, 6.45) is 0. The number of anilines is 2. The van der Waals surface area contributed by atoms with E-state index in [4.69, 9.17) is 25.8 Å². The molecular formula is C28H28ClFN2O6. The lowest BCUT2D eigenvalue weighted by atomic mass is 10.1. The van der Waals surface area contributed by atoms with Crippen LogP contribution in [0.4, 0.5) is 15.8 Å². The maximum absolute atomic E-state index is 14.1. The highest BCUT2D eigenvalue weighted by atomic mass is 35.5. The molecule has 0 aliphatic carbocycles. The van der Waals surface area contributed by atoms with E-state index in [1.54, 1.807) is 36.4 Å². The highest BCUT2D eigenvalue weighted by Gasteiger charge is 2.22. The number of carbonyl (C=O) groups excluding carboxylic acids is 1. The van der Waals surface area contributed by atoms with Gasteiger partial charge in [-0.2, -0.15) is 0 Å². The molecule has 1 heterocycles. The van der Waals surface area contributed by atoms with Crippen LogP contribution >= 0.6 is 11.6 Å². The molecule has 3 aromatic rings. The molecule has 4 rings (SSSR count). The fraction of sp³-hybridized carbons (Fsp3) is 0.286. The fourth-order valence-electron chi connectivity index (χ4n) is 4.26. The normalized spacial score (nSPS) is 13.2. The molecule has 0 atom stereocenters. The maximum Gasteiger partial charge on any atom is 0.337 e. The highest BCUT2D eigenvalue weighted by Crippen LogP contribution is 2.32. The molecule has 1 fully saturated rings. The number of aromatic carboxylic acids is 1. The van der Waals surface area contributed by atoms with Crippen LogP contribution in [0.5, 0.6) is 11.5 Å². The molecule has 0 saturated carbocycles. The lowest BCUT2D eigenvalue weighted by Gasteiger charge is -2.31. The Balaban J connectivity index is 1.56. The van der Waals surface area contributed by atoms with E-state index >= 15 is 0 Å². The van der Waals surface area contributed by atoms with E-state index in [1.807, 2.05) is 4.90 Å². The Hall–Kier alpha value is -3.82. The average molecular weight is 543 g/mol. The molecule has 1 aliphatic rings. The predicted octanol–water partition coefficient (Wildman–Crippen LogP) is 5.15. The van der Waals surface area contributed by atoms with Gasteiger partial charge in [0.05, 0.1) is 43.1 Å². The van der Waals surface area contributed by atoms with Crippen molar-refractivity contribution in [2.24, 2.45) is 0 Å². The second-order valence-electron chi connectivity index (χ2n) is 8.69. The van der Waals surface area contributed by atoms with Crippen LogP contribution in [0.1, 0.15) is 28.4 Å². The first-order valence-electron chi connectivity index (χ1n) is 12.0. The van der Waals surface area contributed by atoms with E-state index in [0.717, 1.165) is 5.56 Å². The summed E-state index contributed by atoms with van der Waals surface area (Å²) < 4.78 is 30.7. The van der Waals surface area contributed by atoms with Gasteiger partial charge >= 0.3 is 5.97 Å². The summed E-state index contributed by atoms with van der Waals surface area (Å²) in [5.41, 5.74) is 2.12. The summed E-state index contributed by atoms with van der Waals surface area (Å²) in [5, 5.41) is 10.1. The number of carboxylic acids is 1. The molecule has 10 heteroatoms. The van der Waals surface area contributed by atoms with Crippen LogP contribution < -0.4 is 19.3 Å². The van der Waals surface area contributed by atoms with E-state index in [2.05, 4.69) is 0 Å². The summed E-state index contributed by atoms with van der Waals surface area (Å²) in [7, 11) is 1.48. The quantitative estimate of drug-likeness (QED) is 0.400. The Labute approximate surface area is 225 Å². The molecule has 1 amide bonds. The monoisotopic (exact) mass is 542 g/mol. The first-order chi connectivity index (χ1) is 18.3. The Morgan fingerprint density at radius 1 is 1.11 bits per heavy atom. The van der Waals surface area contributed by atoms with Gasteiger partial charge in [0.1, 0.15) is 12.4 Å². The number of morpholine rings is 1. The third-order valence-corrected chi connectivity index (χ3v) is 6.61. The van der Waals surface area contributed by atoms with E-state index in [1.165, 1.54) is 37.1 Å². The minimum absolute atomic E-state index is 0.0890. The molecule has 1 aliphatic heterocycles. The zero-order chi connectivity index (χ0) is 27.2. The van der Waals surface area contributed by atoms with Gasteiger partial charge in [0, 0.05) is 31.3 Å². The van der Waals surface area contributed by atoms with E-state index in [0.29, 0.717) is 49.2 Å². The predicted molar refractivity (Wildman–Crippen MR) is 142 cm³/mol. The fourth-order valence-corrected chi connectivity index (χ4v) is 4.48. The van der Waals surface area contributed by atoms with Crippen molar-refractivity contribution in [2.45, 2.75) is 20.1 Å². The Bertz CT molecular complexity index is 1310. The number of halogens is 2. The van der Waals surface area contributed by atoms with Gasteiger partial charge in [-0.15, -0.1) is 0 Å². The third-order valence-electron chi connectivity index (χ3n) is 6.26. The second-order valence-corrected chi connectivity index (χ2v) is 9.09. The maximum atomic E-state index is 14.1. The van der Waals surface area contributed by atoms with Gasteiger partial charge in [0.15, 0.2) is 11.5 Å². The third kappa shape index (κ3) is 6.17. The summed E-state index contributed by atoms with van der Waals surface area (Å²) in [5.74, 6) is -1.02. The molecule has 0 aromatic heterocycles. The van der Waals surface area contributed by atoms with Crippen molar-refractivity contribution in [1.82, 2.24) is 0 Å². The lowest BCUT2D eigenvalue weighted by Crippen LogP contribution is -2.37. The first kappa shape index (κ1) is 27.2. The van der Waals surface area contributed by atoms with Crippen LogP contribution in [0.2, 0.25) is 5.02 Å². The van der Waals surface area contributed by atoms with E-state index in [9.17, 15) is 19.1 Å². The highest BCUT2D eigenvalue weighted by molar-refractivity contribution is 6.31. The topological polar surface area (TPSA) is 88.5 Å². The first-order valence-corrected chi connectivity index (χ1v) is 12.4. The summed E-state index contributed by atoms with van der Waals surface area (Å²) in [4.78, 5) is 28.1. The number of nitrogens with zero attached hydrogens (tertiary/aromatic N) is 2. The van der Waals surface area contributed by atoms with Crippen LogP contribution in [0.3, 0.4) is 0 Å². The number of hydrogen-bond donors (Lipinski definition) is 1. The summed E-state index contributed by atoms with van der Waals surface area (Å²) in [6, 6.07) is 14.6. The van der Waals surface area contributed by atoms with Crippen LogP contribution in [0, 0.1) is 5.82 Å². The molecule has 0 bridgehead atoms. The largest absolute Gasteiger partial charge is 0.493 e. The van der Waals surface area contributed by atoms with Gasteiger partial charge in [-0.05, 0) is 48.0 Å². The molecule has 0 radical (unpaired) electrons. The van der Waals surface area contributed by atoms with Crippen LogP contribution in [0.15, 0.2) is 54.6 Å². The minimum atomic E-state index is -1.07. The van der Waals surface area contributed by atoms with Crippen molar-refractivity contribution in [1.29, 1.82) is 0 Å². The van der Waals surface area contributed by atoms with Crippen LogP contribution in [0.25, 0.3) is 0 Å². The van der Waals surface area contributed by atoms with Crippen molar-refractivity contribution in [2.75, 3.05) is 43.2 Å².